The van der Waals surface area contributed by atoms with Crippen LogP contribution in [0, 0.1) is 27.7 Å². The van der Waals surface area contributed by atoms with E-state index in [-0.39, 0.29) is 6.04 Å². The van der Waals surface area contributed by atoms with E-state index in [1.54, 1.807) is 4.31 Å². The van der Waals surface area contributed by atoms with Crippen LogP contribution in [0.1, 0.15) is 47.0 Å². The van der Waals surface area contributed by atoms with Crippen LogP contribution in [0.4, 0.5) is 0 Å². The molecule has 1 saturated heterocycles. The van der Waals surface area contributed by atoms with E-state index in [0.29, 0.717) is 22.9 Å². The number of rotatable bonds is 3. The fourth-order valence-corrected chi connectivity index (χ4v) is 5.64. The van der Waals surface area contributed by atoms with Gasteiger partial charge in [0.1, 0.15) is 11.5 Å². The quantitative estimate of drug-likeness (QED) is 0.862. The molecule has 0 spiro atoms. The van der Waals surface area contributed by atoms with Crippen LogP contribution >= 0.6 is 0 Å². The van der Waals surface area contributed by atoms with Crippen molar-refractivity contribution in [1.82, 2.24) is 9.46 Å². The minimum atomic E-state index is -3.55. The average molecular weight is 334 g/mol. The normalized spacial score (nSPS) is 19.4. The van der Waals surface area contributed by atoms with E-state index >= 15 is 0 Å². The predicted molar refractivity (Wildman–Crippen MR) is 87.8 cm³/mol. The van der Waals surface area contributed by atoms with Gasteiger partial charge in [-0.3, -0.25) is 0 Å². The van der Waals surface area contributed by atoms with Crippen LogP contribution in [0.25, 0.3) is 0 Å². The first-order valence-corrected chi connectivity index (χ1v) is 9.27. The Morgan fingerprint density at radius 2 is 1.78 bits per heavy atom. The summed E-state index contributed by atoms with van der Waals surface area (Å²) in [7, 11) is -3.55. The van der Waals surface area contributed by atoms with Crippen LogP contribution in [0.15, 0.2) is 27.6 Å². The van der Waals surface area contributed by atoms with E-state index in [4.69, 9.17) is 4.52 Å². The Labute approximate surface area is 137 Å². The Bertz CT molecular complexity index is 816. The summed E-state index contributed by atoms with van der Waals surface area (Å²) in [4.78, 5) is 0.426. The zero-order valence-corrected chi connectivity index (χ0v) is 14.8. The highest BCUT2D eigenvalue weighted by Gasteiger charge is 2.39. The summed E-state index contributed by atoms with van der Waals surface area (Å²) in [6.45, 7) is 8.04. The van der Waals surface area contributed by atoms with Crippen LogP contribution < -0.4 is 0 Å². The summed E-state index contributed by atoms with van der Waals surface area (Å²) in [6, 6.07) is 5.43. The van der Waals surface area contributed by atoms with Crippen molar-refractivity contribution >= 4 is 10.0 Å². The second-order valence-electron chi connectivity index (χ2n) is 6.36. The van der Waals surface area contributed by atoms with Crippen LogP contribution in [0.2, 0.25) is 0 Å². The smallest absolute Gasteiger partial charge is 0.244 e. The lowest BCUT2D eigenvalue weighted by atomic mass is 10.1. The lowest BCUT2D eigenvalue weighted by Gasteiger charge is -2.24. The average Bonchev–Trinajstić information content (AvgIpc) is 3.05. The van der Waals surface area contributed by atoms with Gasteiger partial charge in [0.25, 0.3) is 0 Å². The molecule has 0 amide bonds. The summed E-state index contributed by atoms with van der Waals surface area (Å²) < 4.78 is 33.2. The molecule has 5 nitrogen and oxygen atoms in total. The molecular weight excluding hydrogens is 312 g/mol. The summed E-state index contributed by atoms with van der Waals surface area (Å²) in [5.74, 6) is 0.701. The van der Waals surface area contributed by atoms with Crippen molar-refractivity contribution in [3.8, 4) is 0 Å². The minimum Gasteiger partial charge on any atom is -0.361 e. The maximum absolute atomic E-state index is 13.2. The zero-order chi connectivity index (χ0) is 16.8. The second-order valence-corrected chi connectivity index (χ2v) is 8.19. The molecular formula is C17H22N2O3S. The van der Waals surface area contributed by atoms with Crippen molar-refractivity contribution in [2.24, 2.45) is 0 Å². The van der Waals surface area contributed by atoms with Crippen LogP contribution in [-0.4, -0.2) is 24.4 Å². The molecule has 0 N–H and O–H groups in total. The molecule has 1 fully saturated rings. The fraction of sp³-hybridized carbons (Fsp3) is 0.471. The molecule has 3 rings (SSSR count). The summed E-state index contributed by atoms with van der Waals surface area (Å²) in [5.41, 5.74) is 3.36. The monoisotopic (exact) mass is 334 g/mol. The van der Waals surface area contributed by atoms with E-state index in [1.807, 2.05) is 45.9 Å². The Morgan fingerprint density at radius 1 is 1.13 bits per heavy atom. The molecule has 1 aliphatic rings. The Balaban J connectivity index is 2.06. The standard InChI is InChI=1S/C17H22N2O3S/c1-11-8-12(2)17(13(3)9-11)23(20,21)19-7-5-6-16(19)15-10-14(4)22-18-15/h8-10,16H,5-7H2,1-4H3/t16-/m1/s1. The first kappa shape index (κ1) is 16.2. The minimum absolute atomic E-state index is 0.238. The van der Waals surface area contributed by atoms with Crippen molar-refractivity contribution in [2.45, 2.75) is 51.5 Å². The van der Waals surface area contributed by atoms with Gasteiger partial charge in [-0.15, -0.1) is 0 Å². The molecule has 124 valence electrons. The Kier molecular flexibility index (Phi) is 4.06. The first-order chi connectivity index (χ1) is 10.8. The van der Waals surface area contributed by atoms with Crippen LogP contribution in [0.5, 0.6) is 0 Å². The van der Waals surface area contributed by atoms with Crippen molar-refractivity contribution in [3.05, 3.63) is 46.3 Å². The largest absolute Gasteiger partial charge is 0.361 e. The van der Waals surface area contributed by atoms with Crippen molar-refractivity contribution in [1.29, 1.82) is 0 Å². The first-order valence-electron chi connectivity index (χ1n) is 7.83. The number of sulfonamides is 1. The van der Waals surface area contributed by atoms with Gasteiger partial charge >= 0.3 is 0 Å². The number of hydrogen-bond donors (Lipinski definition) is 0. The highest BCUT2D eigenvalue weighted by Crippen LogP contribution is 2.37. The van der Waals surface area contributed by atoms with Gasteiger partial charge < -0.3 is 4.52 Å². The summed E-state index contributed by atoms with van der Waals surface area (Å²) in [6.07, 6.45) is 1.61. The van der Waals surface area contributed by atoms with Gasteiger partial charge in [0, 0.05) is 12.6 Å². The third kappa shape index (κ3) is 2.81. The molecule has 1 aromatic carbocycles. The molecule has 0 saturated carbocycles. The molecule has 23 heavy (non-hydrogen) atoms. The van der Waals surface area contributed by atoms with E-state index in [2.05, 4.69) is 5.16 Å². The highest BCUT2D eigenvalue weighted by molar-refractivity contribution is 7.89. The molecule has 2 heterocycles. The lowest BCUT2D eigenvalue weighted by molar-refractivity contribution is 0.349. The molecule has 1 aliphatic heterocycles. The third-order valence-electron chi connectivity index (χ3n) is 4.36. The SMILES string of the molecule is Cc1cc(C)c(S(=O)(=O)N2CCC[C@@H]2c2cc(C)on2)c(C)c1. The molecule has 6 heteroatoms. The topological polar surface area (TPSA) is 63.4 Å². The third-order valence-corrected chi connectivity index (χ3v) is 6.58. The van der Waals surface area contributed by atoms with E-state index in [9.17, 15) is 8.42 Å². The summed E-state index contributed by atoms with van der Waals surface area (Å²) in [5, 5.41) is 4.03. The number of nitrogens with zero attached hydrogens (tertiary/aromatic N) is 2. The Morgan fingerprint density at radius 3 is 2.35 bits per heavy atom. The molecule has 0 bridgehead atoms. The molecule has 1 aromatic heterocycles. The van der Waals surface area contributed by atoms with Gasteiger partial charge in [0.2, 0.25) is 10.0 Å². The van der Waals surface area contributed by atoms with Gasteiger partial charge in [0.15, 0.2) is 0 Å². The van der Waals surface area contributed by atoms with Gasteiger partial charge in [0.05, 0.1) is 10.9 Å². The van der Waals surface area contributed by atoms with Crippen LogP contribution in [0.3, 0.4) is 0 Å². The maximum Gasteiger partial charge on any atom is 0.244 e. The van der Waals surface area contributed by atoms with Gasteiger partial charge in [-0.1, -0.05) is 22.9 Å². The van der Waals surface area contributed by atoms with Gasteiger partial charge in [-0.25, -0.2) is 8.42 Å². The number of aromatic nitrogens is 1. The van der Waals surface area contributed by atoms with Gasteiger partial charge in [-0.05, 0) is 51.7 Å². The molecule has 0 unspecified atom stereocenters. The van der Waals surface area contributed by atoms with E-state index in [1.165, 1.54) is 0 Å². The molecule has 0 radical (unpaired) electrons. The van der Waals surface area contributed by atoms with Crippen molar-refractivity contribution < 1.29 is 12.9 Å². The zero-order valence-electron chi connectivity index (χ0n) is 14.0. The van der Waals surface area contributed by atoms with Crippen molar-refractivity contribution in [2.75, 3.05) is 6.54 Å². The molecule has 2 aromatic rings. The number of benzene rings is 1. The predicted octanol–water partition coefficient (Wildman–Crippen LogP) is 3.43. The molecule has 0 aliphatic carbocycles. The molecule has 1 atom stereocenters. The van der Waals surface area contributed by atoms with Crippen molar-refractivity contribution in [3.63, 3.8) is 0 Å². The van der Waals surface area contributed by atoms with Crippen LogP contribution in [-0.2, 0) is 10.0 Å². The maximum atomic E-state index is 13.2. The Hall–Kier alpha value is -1.66. The lowest BCUT2D eigenvalue weighted by Crippen LogP contribution is -2.32. The van der Waals surface area contributed by atoms with E-state index < -0.39 is 10.0 Å². The summed E-state index contributed by atoms with van der Waals surface area (Å²) >= 11 is 0. The number of aryl methyl sites for hydroxylation is 4. The second kappa shape index (κ2) is 5.76. The fourth-order valence-electron chi connectivity index (χ4n) is 3.56. The van der Waals surface area contributed by atoms with E-state index in [0.717, 1.165) is 29.5 Å². The highest BCUT2D eigenvalue weighted by atomic mass is 32.2. The van der Waals surface area contributed by atoms with Gasteiger partial charge in [-0.2, -0.15) is 4.31 Å². The number of hydrogen-bond acceptors (Lipinski definition) is 4.